The van der Waals surface area contributed by atoms with Crippen molar-refractivity contribution < 1.29 is 10.0 Å². The van der Waals surface area contributed by atoms with E-state index in [1.165, 1.54) is 6.33 Å². The fraction of sp³-hybridized carbons (Fsp3) is 0.692. The normalized spacial score (nSPS) is 15.8. The van der Waals surface area contributed by atoms with E-state index >= 15 is 0 Å². The Balaban J connectivity index is 2.18. The van der Waals surface area contributed by atoms with E-state index in [-0.39, 0.29) is 18.1 Å². The van der Waals surface area contributed by atoms with Gasteiger partial charge in [0.25, 0.3) is 0 Å². The summed E-state index contributed by atoms with van der Waals surface area (Å²) in [7, 11) is 0. The molecule has 0 unspecified atom stereocenters. The van der Waals surface area contributed by atoms with Gasteiger partial charge in [-0.1, -0.05) is 6.92 Å². The number of hydrogen-bond donors (Lipinski definition) is 2. The third-order valence-corrected chi connectivity index (χ3v) is 3.62. The highest BCUT2D eigenvalue weighted by molar-refractivity contribution is 5.70. The van der Waals surface area contributed by atoms with Gasteiger partial charge in [0.15, 0.2) is 0 Å². The molecule has 0 saturated carbocycles. The molecule has 0 atom stereocenters. The summed E-state index contributed by atoms with van der Waals surface area (Å²) in [6.07, 6.45) is 2.22. The van der Waals surface area contributed by atoms with Gasteiger partial charge in [0.2, 0.25) is 11.6 Å². The van der Waals surface area contributed by atoms with Gasteiger partial charge >= 0.3 is 5.69 Å². The molecule has 0 amide bonds. The lowest BCUT2D eigenvalue weighted by Gasteiger charge is -2.34. The smallest absolute Gasteiger partial charge is 0.353 e. The van der Waals surface area contributed by atoms with Crippen molar-refractivity contribution in [1.29, 1.82) is 0 Å². The van der Waals surface area contributed by atoms with Crippen LogP contribution in [0.1, 0.15) is 13.3 Å². The molecule has 2 N–H and O–H groups in total. The molecule has 0 radical (unpaired) electrons. The number of β-amino-alcohol motifs (C(OH)–C–C–N with tert-alkyl or cyclic N) is 1. The van der Waals surface area contributed by atoms with E-state index in [0.29, 0.717) is 32.0 Å². The first-order valence-corrected chi connectivity index (χ1v) is 7.48. The molecular weight excluding hydrogens is 288 g/mol. The molecule has 1 fully saturated rings. The molecule has 2 rings (SSSR count). The van der Waals surface area contributed by atoms with Crippen molar-refractivity contribution >= 4 is 17.3 Å². The van der Waals surface area contributed by atoms with Crippen LogP contribution < -0.4 is 10.2 Å². The van der Waals surface area contributed by atoms with Crippen LogP contribution in [0.2, 0.25) is 0 Å². The molecular formula is C13H22N6O3. The molecule has 1 aliphatic heterocycles. The molecule has 1 aliphatic rings. The zero-order valence-corrected chi connectivity index (χ0v) is 12.7. The number of aliphatic hydroxyl groups is 1. The first kappa shape index (κ1) is 16.4. The van der Waals surface area contributed by atoms with Crippen LogP contribution in [-0.2, 0) is 0 Å². The maximum absolute atomic E-state index is 11.4. The standard InChI is InChI=1S/C13H22N6O3/c1-2-3-14-12-11(19(21)22)13(16-10-15-12)18-6-4-17(5-7-18)8-9-20/h10,20H,2-9H2,1H3,(H,14,15,16). The largest absolute Gasteiger partial charge is 0.395 e. The fourth-order valence-electron chi connectivity index (χ4n) is 2.47. The molecule has 0 aromatic carbocycles. The van der Waals surface area contributed by atoms with E-state index in [1.54, 1.807) is 0 Å². The average Bonchev–Trinajstić information content (AvgIpc) is 2.53. The van der Waals surface area contributed by atoms with Crippen molar-refractivity contribution in [3.63, 3.8) is 0 Å². The van der Waals surface area contributed by atoms with Crippen molar-refractivity contribution in [3.8, 4) is 0 Å². The van der Waals surface area contributed by atoms with E-state index in [1.807, 2.05) is 11.8 Å². The van der Waals surface area contributed by atoms with Gasteiger partial charge in [0.05, 0.1) is 11.5 Å². The molecule has 1 aromatic heterocycles. The highest BCUT2D eigenvalue weighted by atomic mass is 16.6. The Morgan fingerprint density at radius 1 is 1.36 bits per heavy atom. The summed E-state index contributed by atoms with van der Waals surface area (Å²) in [6, 6.07) is 0. The van der Waals surface area contributed by atoms with Crippen LogP contribution in [0.15, 0.2) is 6.33 Å². The minimum Gasteiger partial charge on any atom is -0.395 e. The van der Waals surface area contributed by atoms with E-state index in [2.05, 4.69) is 20.2 Å². The molecule has 0 aliphatic carbocycles. The van der Waals surface area contributed by atoms with E-state index in [9.17, 15) is 10.1 Å². The van der Waals surface area contributed by atoms with Gasteiger partial charge in [-0.05, 0) is 6.42 Å². The second kappa shape index (κ2) is 7.85. The predicted molar refractivity (Wildman–Crippen MR) is 83.2 cm³/mol. The second-order valence-corrected chi connectivity index (χ2v) is 5.13. The minimum absolute atomic E-state index is 0.0634. The maximum atomic E-state index is 11.4. The molecule has 9 nitrogen and oxygen atoms in total. The fourth-order valence-corrected chi connectivity index (χ4v) is 2.47. The zero-order valence-electron chi connectivity index (χ0n) is 12.7. The van der Waals surface area contributed by atoms with Gasteiger partial charge in [-0.2, -0.15) is 0 Å². The maximum Gasteiger partial charge on any atom is 0.353 e. The Morgan fingerprint density at radius 2 is 2.09 bits per heavy atom. The third-order valence-electron chi connectivity index (χ3n) is 3.62. The summed E-state index contributed by atoms with van der Waals surface area (Å²) in [5.41, 5.74) is -0.0634. The quantitative estimate of drug-likeness (QED) is 0.547. The topological polar surface area (TPSA) is 108 Å². The Labute approximate surface area is 129 Å². The molecule has 122 valence electrons. The first-order valence-electron chi connectivity index (χ1n) is 7.48. The lowest BCUT2D eigenvalue weighted by Crippen LogP contribution is -2.47. The molecule has 0 spiro atoms. The number of piperazine rings is 1. The molecule has 0 bridgehead atoms. The first-order chi connectivity index (χ1) is 10.7. The molecule has 1 saturated heterocycles. The van der Waals surface area contributed by atoms with Crippen LogP contribution >= 0.6 is 0 Å². The van der Waals surface area contributed by atoms with Crippen molar-refractivity contribution in [2.24, 2.45) is 0 Å². The SMILES string of the molecule is CCCNc1ncnc(N2CCN(CCO)CC2)c1[N+](=O)[O-]. The van der Waals surface area contributed by atoms with E-state index in [4.69, 9.17) is 5.11 Å². The summed E-state index contributed by atoms with van der Waals surface area (Å²) < 4.78 is 0. The van der Waals surface area contributed by atoms with E-state index in [0.717, 1.165) is 19.5 Å². The van der Waals surface area contributed by atoms with Gasteiger partial charge in [-0.25, -0.2) is 9.97 Å². The molecule has 22 heavy (non-hydrogen) atoms. The highest BCUT2D eigenvalue weighted by Crippen LogP contribution is 2.32. The molecule has 1 aromatic rings. The van der Waals surface area contributed by atoms with Crippen molar-refractivity contribution in [3.05, 3.63) is 16.4 Å². The summed E-state index contributed by atoms with van der Waals surface area (Å²) in [5, 5.41) is 23.4. The number of aliphatic hydroxyl groups excluding tert-OH is 1. The summed E-state index contributed by atoms with van der Waals surface area (Å²) in [6.45, 7) is 6.15. The lowest BCUT2D eigenvalue weighted by atomic mass is 10.3. The van der Waals surface area contributed by atoms with Gasteiger partial charge in [-0.15, -0.1) is 0 Å². The zero-order chi connectivity index (χ0) is 15.9. The monoisotopic (exact) mass is 310 g/mol. The van der Waals surface area contributed by atoms with Crippen LogP contribution in [0, 0.1) is 10.1 Å². The van der Waals surface area contributed by atoms with Gasteiger partial charge < -0.3 is 15.3 Å². The van der Waals surface area contributed by atoms with Crippen LogP contribution in [0.3, 0.4) is 0 Å². The van der Waals surface area contributed by atoms with Crippen LogP contribution in [0.25, 0.3) is 0 Å². The number of nitrogens with zero attached hydrogens (tertiary/aromatic N) is 5. The van der Waals surface area contributed by atoms with Gasteiger partial charge in [-0.3, -0.25) is 15.0 Å². The van der Waals surface area contributed by atoms with Crippen molar-refractivity contribution in [1.82, 2.24) is 14.9 Å². The Kier molecular flexibility index (Phi) is 5.84. The average molecular weight is 310 g/mol. The number of nitrogens with one attached hydrogen (secondary N) is 1. The summed E-state index contributed by atoms with van der Waals surface area (Å²) >= 11 is 0. The minimum atomic E-state index is -0.423. The molecule has 9 heteroatoms. The van der Waals surface area contributed by atoms with E-state index < -0.39 is 4.92 Å². The number of hydrogen-bond acceptors (Lipinski definition) is 8. The summed E-state index contributed by atoms with van der Waals surface area (Å²) in [4.78, 5) is 23.2. The lowest BCUT2D eigenvalue weighted by molar-refractivity contribution is -0.383. The number of nitro groups is 1. The third kappa shape index (κ3) is 3.80. The van der Waals surface area contributed by atoms with Gasteiger partial charge in [0, 0.05) is 39.3 Å². The number of anilines is 2. The predicted octanol–water partition coefficient (Wildman–Crippen LogP) is 0.321. The highest BCUT2D eigenvalue weighted by Gasteiger charge is 2.28. The van der Waals surface area contributed by atoms with Crippen LogP contribution in [-0.4, -0.2) is 70.8 Å². The molecule has 2 heterocycles. The van der Waals surface area contributed by atoms with Gasteiger partial charge in [0.1, 0.15) is 6.33 Å². The Morgan fingerprint density at radius 3 is 2.68 bits per heavy atom. The number of aromatic nitrogens is 2. The Hall–Kier alpha value is -2.00. The number of rotatable bonds is 7. The van der Waals surface area contributed by atoms with Crippen molar-refractivity contribution in [2.45, 2.75) is 13.3 Å². The second-order valence-electron chi connectivity index (χ2n) is 5.13. The van der Waals surface area contributed by atoms with Crippen LogP contribution in [0.5, 0.6) is 0 Å². The Bertz CT molecular complexity index is 505. The van der Waals surface area contributed by atoms with Crippen LogP contribution in [0.4, 0.5) is 17.3 Å². The van der Waals surface area contributed by atoms with Crippen molar-refractivity contribution in [2.75, 3.05) is 56.1 Å². The summed E-state index contributed by atoms with van der Waals surface area (Å²) in [5.74, 6) is 0.636.